The molecular formula is C12H17NO2. The Hall–Kier alpha value is -1.35. The van der Waals surface area contributed by atoms with Gasteiger partial charge in [-0.3, -0.25) is 4.79 Å². The highest BCUT2D eigenvalue weighted by molar-refractivity contribution is 5.79. The smallest absolute Gasteiger partial charge is 0.158 e. The lowest BCUT2D eigenvalue weighted by Gasteiger charge is -2.12. The van der Waals surface area contributed by atoms with Gasteiger partial charge in [0.2, 0.25) is 0 Å². The molecule has 0 saturated heterocycles. The minimum Gasteiger partial charge on any atom is -0.389 e. The Kier molecular flexibility index (Phi) is 4.31. The van der Waals surface area contributed by atoms with Crippen LogP contribution in [0.15, 0.2) is 24.3 Å². The third-order valence-corrected chi connectivity index (χ3v) is 2.32. The Labute approximate surface area is 90.3 Å². The lowest BCUT2D eigenvalue weighted by Crippen LogP contribution is -2.08. The molecule has 1 rings (SSSR count). The Balaban J connectivity index is 2.53. The van der Waals surface area contributed by atoms with Crippen LogP contribution >= 0.6 is 0 Å². The first-order valence-electron chi connectivity index (χ1n) is 5.02. The van der Waals surface area contributed by atoms with Crippen molar-refractivity contribution < 1.29 is 9.90 Å². The molecule has 0 unspecified atom stereocenters. The zero-order valence-electron chi connectivity index (χ0n) is 9.23. The summed E-state index contributed by atoms with van der Waals surface area (Å²) in [5.74, 6) is -0.105. The lowest BCUT2D eigenvalue weighted by molar-refractivity contribution is -0.121. The van der Waals surface area contributed by atoms with Gasteiger partial charge in [0.1, 0.15) is 6.61 Å². The molecule has 15 heavy (non-hydrogen) atoms. The van der Waals surface area contributed by atoms with Crippen LogP contribution in [-0.2, 0) is 11.2 Å². The van der Waals surface area contributed by atoms with E-state index >= 15 is 0 Å². The van der Waals surface area contributed by atoms with Gasteiger partial charge in [-0.15, -0.1) is 0 Å². The Morgan fingerprint density at radius 3 is 2.33 bits per heavy atom. The molecule has 1 N–H and O–H groups in total. The summed E-state index contributed by atoms with van der Waals surface area (Å²) >= 11 is 0. The van der Waals surface area contributed by atoms with E-state index in [1.54, 1.807) is 0 Å². The third kappa shape index (κ3) is 3.72. The van der Waals surface area contributed by atoms with Crippen LogP contribution in [0, 0.1) is 0 Å². The van der Waals surface area contributed by atoms with E-state index in [0.29, 0.717) is 12.8 Å². The predicted molar refractivity (Wildman–Crippen MR) is 61.2 cm³/mol. The molecule has 0 aliphatic heterocycles. The number of ketones is 1. The fraction of sp³-hybridized carbons (Fsp3) is 0.417. The molecule has 1 aromatic carbocycles. The van der Waals surface area contributed by atoms with E-state index in [-0.39, 0.29) is 12.4 Å². The highest BCUT2D eigenvalue weighted by Gasteiger charge is 2.01. The number of rotatable bonds is 5. The van der Waals surface area contributed by atoms with Crippen LogP contribution in [0.1, 0.15) is 12.0 Å². The van der Waals surface area contributed by atoms with Gasteiger partial charge in [0.25, 0.3) is 0 Å². The predicted octanol–water partition coefficient (Wildman–Crippen LogP) is 1.25. The van der Waals surface area contributed by atoms with E-state index in [1.807, 2.05) is 43.3 Å². The molecule has 0 aliphatic rings. The van der Waals surface area contributed by atoms with E-state index in [4.69, 9.17) is 5.11 Å². The van der Waals surface area contributed by atoms with Crippen LogP contribution in [0.5, 0.6) is 0 Å². The minimum atomic E-state index is -0.351. The summed E-state index contributed by atoms with van der Waals surface area (Å²) in [6, 6.07) is 8.08. The van der Waals surface area contributed by atoms with Crippen LogP contribution < -0.4 is 4.90 Å². The van der Waals surface area contributed by atoms with Crippen molar-refractivity contribution in [3.8, 4) is 0 Å². The minimum absolute atomic E-state index is 0.105. The molecule has 0 bridgehead atoms. The van der Waals surface area contributed by atoms with Gasteiger partial charge in [0.05, 0.1) is 0 Å². The van der Waals surface area contributed by atoms with Gasteiger partial charge in [-0.05, 0) is 24.1 Å². The molecule has 0 radical (unpaired) electrons. The number of benzene rings is 1. The molecule has 3 nitrogen and oxygen atoms in total. The van der Waals surface area contributed by atoms with Crippen molar-refractivity contribution in [3.63, 3.8) is 0 Å². The fourth-order valence-electron chi connectivity index (χ4n) is 1.32. The molecule has 1 aromatic rings. The van der Waals surface area contributed by atoms with Crippen LogP contribution in [0.2, 0.25) is 0 Å². The molecule has 0 heterocycles. The summed E-state index contributed by atoms with van der Waals surface area (Å²) < 4.78 is 0. The molecule has 0 saturated carbocycles. The maximum absolute atomic E-state index is 10.9. The van der Waals surface area contributed by atoms with Crippen molar-refractivity contribution >= 4 is 11.5 Å². The number of aliphatic hydroxyl groups excluding tert-OH is 1. The maximum atomic E-state index is 10.9. The normalized spacial score (nSPS) is 10.1. The first-order chi connectivity index (χ1) is 7.13. The molecule has 3 heteroatoms. The summed E-state index contributed by atoms with van der Waals surface area (Å²) in [5, 5.41) is 8.57. The third-order valence-electron chi connectivity index (χ3n) is 2.32. The van der Waals surface area contributed by atoms with Gasteiger partial charge in [-0.1, -0.05) is 12.1 Å². The van der Waals surface area contributed by atoms with E-state index < -0.39 is 0 Å². The summed E-state index contributed by atoms with van der Waals surface area (Å²) in [4.78, 5) is 12.9. The fourth-order valence-corrected chi connectivity index (χ4v) is 1.32. The van der Waals surface area contributed by atoms with E-state index in [0.717, 1.165) is 11.3 Å². The van der Waals surface area contributed by atoms with E-state index in [2.05, 4.69) is 0 Å². The van der Waals surface area contributed by atoms with Crippen LogP contribution in [0.4, 0.5) is 5.69 Å². The zero-order chi connectivity index (χ0) is 11.3. The number of hydrogen-bond acceptors (Lipinski definition) is 3. The van der Waals surface area contributed by atoms with Gasteiger partial charge in [-0.2, -0.15) is 0 Å². The molecular weight excluding hydrogens is 190 g/mol. The Bertz CT molecular complexity index is 317. The van der Waals surface area contributed by atoms with Crippen molar-refractivity contribution in [2.24, 2.45) is 0 Å². The Morgan fingerprint density at radius 2 is 1.87 bits per heavy atom. The van der Waals surface area contributed by atoms with Gasteiger partial charge in [-0.25, -0.2) is 0 Å². The summed E-state index contributed by atoms with van der Waals surface area (Å²) in [6.07, 6.45) is 1.12. The highest BCUT2D eigenvalue weighted by Crippen LogP contribution is 2.13. The first kappa shape index (κ1) is 11.7. The highest BCUT2D eigenvalue weighted by atomic mass is 16.3. The molecule has 0 fully saturated rings. The standard InChI is InChI=1S/C12H17NO2/c1-13(2)11-6-3-10(4-7-11)5-8-12(15)9-14/h3-4,6-7,14H,5,8-9H2,1-2H3. The molecule has 0 spiro atoms. The summed E-state index contributed by atoms with van der Waals surface area (Å²) in [7, 11) is 3.98. The van der Waals surface area contributed by atoms with Crippen LogP contribution in [0.3, 0.4) is 0 Å². The maximum Gasteiger partial charge on any atom is 0.158 e. The van der Waals surface area contributed by atoms with E-state index in [9.17, 15) is 4.79 Å². The molecule has 82 valence electrons. The monoisotopic (exact) mass is 207 g/mol. The van der Waals surface area contributed by atoms with Crippen molar-refractivity contribution in [3.05, 3.63) is 29.8 Å². The number of hydrogen-bond donors (Lipinski definition) is 1. The number of carbonyl (C=O) groups excluding carboxylic acids is 1. The van der Waals surface area contributed by atoms with Gasteiger partial charge in [0, 0.05) is 26.2 Å². The topological polar surface area (TPSA) is 40.5 Å². The molecule has 0 aromatic heterocycles. The van der Waals surface area contributed by atoms with Crippen molar-refractivity contribution in [1.82, 2.24) is 0 Å². The first-order valence-corrected chi connectivity index (χ1v) is 5.02. The SMILES string of the molecule is CN(C)c1ccc(CCC(=O)CO)cc1. The molecule has 0 atom stereocenters. The van der Waals surface area contributed by atoms with Gasteiger partial charge < -0.3 is 10.0 Å². The average Bonchev–Trinajstić information content (AvgIpc) is 2.26. The summed E-state index contributed by atoms with van der Waals surface area (Å²) in [5.41, 5.74) is 2.27. The van der Waals surface area contributed by atoms with E-state index in [1.165, 1.54) is 0 Å². The van der Waals surface area contributed by atoms with Crippen molar-refractivity contribution in [2.45, 2.75) is 12.8 Å². The van der Waals surface area contributed by atoms with Crippen molar-refractivity contribution in [1.29, 1.82) is 0 Å². The number of anilines is 1. The number of aryl methyl sites for hydroxylation is 1. The number of Topliss-reactive ketones (excluding diaryl/α,β-unsaturated/α-hetero) is 1. The second-order valence-corrected chi connectivity index (χ2v) is 3.76. The molecule has 0 amide bonds. The van der Waals surface area contributed by atoms with Crippen LogP contribution in [-0.4, -0.2) is 31.6 Å². The second-order valence-electron chi connectivity index (χ2n) is 3.76. The largest absolute Gasteiger partial charge is 0.389 e. The number of aliphatic hydroxyl groups is 1. The lowest BCUT2D eigenvalue weighted by atomic mass is 10.1. The number of nitrogens with zero attached hydrogens (tertiary/aromatic N) is 1. The second kappa shape index (κ2) is 5.51. The van der Waals surface area contributed by atoms with Crippen LogP contribution in [0.25, 0.3) is 0 Å². The number of carbonyl (C=O) groups is 1. The Morgan fingerprint density at radius 1 is 1.27 bits per heavy atom. The molecule has 0 aliphatic carbocycles. The van der Waals surface area contributed by atoms with Crippen molar-refractivity contribution in [2.75, 3.05) is 25.6 Å². The van der Waals surface area contributed by atoms with Gasteiger partial charge >= 0.3 is 0 Å². The summed E-state index contributed by atoms with van der Waals surface area (Å²) in [6.45, 7) is -0.351. The zero-order valence-corrected chi connectivity index (χ0v) is 9.23. The van der Waals surface area contributed by atoms with Gasteiger partial charge in [0.15, 0.2) is 5.78 Å². The average molecular weight is 207 g/mol. The quantitative estimate of drug-likeness (QED) is 0.790.